The normalized spacial score (nSPS) is 13.2. The molecule has 0 fully saturated rings. The van der Waals surface area contributed by atoms with Crippen LogP contribution in [0.25, 0.3) is 22.8 Å². The number of hydrogen-bond donors (Lipinski definition) is 0. The molecule has 0 N–H and O–H groups in total. The van der Waals surface area contributed by atoms with E-state index in [1.165, 1.54) is 39.0 Å². The molecule has 0 bridgehead atoms. The van der Waals surface area contributed by atoms with Crippen LogP contribution in [-0.4, -0.2) is 0 Å². The third kappa shape index (κ3) is 2.74. The maximum atomic E-state index is 5.88. The molecule has 1 aliphatic carbocycles. The number of furan rings is 1. The topological polar surface area (TPSA) is 13.1 Å². The lowest BCUT2D eigenvalue weighted by Gasteiger charge is -2.19. The first-order valence-electron chi connectivity index (χ1n) is 9.03. The lowest BCUT2D eigenvalue weighted by atomic mass is 9.85. The molecule has 0 radical (unpaired) electrons. The number of benzene rings is 2. The maximum Gasteiger partial charge on any atom is 0.130 e. The minimum atomic E-state index is 0.516. The Hall–Kier alpha value is -2.54. The number of aryl methyl sites for hydroxylation is 1. The Labute approximate surface area is 150 Å². The highest BCUT2D eigenvalue weighted by molar-refractivity contribution is 5.94. The Kier molecular flexibility index (Phi) is 3.88. The van der Waals surface area contributed by atoms with Crippen LogP contribution in [0.5, 0.6) is 0 Å². The highest BCUT2D eigenvalue weighted by Gasteiger charge is 2.23. The fourth-order valence-electron chi connectivity index (χ4n) is 3.96. The Balaban J connectivity index is 1.93. The summed E-state index contributed by atoms with van der Waals surface area (Å²) in [5.41, 5.74) is 9.57. The fraction of sp³-hybridized carbons (Fsp3) is 0.250. The first-order valence-corrected chi connectivity index (χ1v) is 9.03. The second kappa shape index (κ2) is 6.07. The fourth-order valence-corrected chi connectivity index (χ4v) is 3.96. The van der Waals surface area contributed by atoms with Gasteiger partial charge in [-0.05, 0) is 76.9 Å². The molecule has 0 unspecified atom stereocenters. The molecule has 1 heterocycles. The van der Waals surface area contributed by atoms with Gasteiger partial charge in [-0.1, -0.05) is 50.2 Å². The van der Waals surface area contributed by atoms with Gasteiger partial charge in [-0.2, -0.15) is 0 Å². The third-order valence-corrected chi connectivity index (χ3v) is 5.19. The van der Waals surface area contributed by atoms with Gasteiger partial charge in [-0.25, -0.2) is 0 Å². The summed E-state index contributed by atoms with van der Waals surface area (Å²) in [5, 5.41) is 0. The molecule has 4 rings (SSSR count). The quantitative estimate of drug-likeness (QED) is 0.516. The van der Waals surface area contributed by atoms with Gasteiger partial charge in [0.1, 0.15) is 11.5 Å². The average Bonchev–Trinajstić information content (AvgIpc) is 3.20. The molecule has 25 heavy (non-hydrogen) atoms. The SMILES string of the molecule is Cc1ccc(C2=Cc3c(cc(C(C)C)c(C)c3-c3ccccc3)C2)o1. The van der Waals surface area contributed by atoms with E-state index in [0.717, 1.165) is 17.9 Å². The summed E-state index contributed by atoms with van der Waals surface area (Å²) in [4.78, 5) is 0. The van der Waals surface area contributed by atoms with Crippen molar-refractivity contribution in [1.82, 2.24) is 0 Å². The van der Waals surface area contributed by atoms with Crippen LogP contribution in [0.4, 0.5) is 0 Å². The summed E-state index contributed by atoms with van der Waals surface area (Å²) in [5.74, 6) is 2.48. The van der Waals surface area contributed by atoms with Crippen molar-refractivity contribution in [1.29, 1.82) is 0 Å². The lowest BCUT2D eigenvalue weighted by Crippen LogP contribution is -2.00. The molecule has 0 saturated heterocycles. The molecule has 1 aliphatic rings. The third-order valence-electron chi connectivity index (χ3n) is 5.19. The van der Waals surface area contributed by atoms with E-state index < -0.39 is 0 Å². The monoisotopic (exact) mass is 328 g/mol. The van der Waals surface area contributed by atoms with Crippen molar-refractivity contribution in [2.75, 3.05) is 0 Å². The van der Waals surface area contributed by atoms with Crippen molar-refractivity contribution in [2.45, 2.75) is 40.0 Å². The molecule has 3 aromatic rings. The number of allylic oxidation sites excluding steroid dienone is 1. The highest BCUT2D eigenvalue weighted by Crippen LogP contribution is 2.42. The molecule has 1 aromatic heterocycles. The minimum absolute atomic E-state index is 0.516. The standard InChI is InChI=1S/C24H24O/c1-15(2)21-13-19-12-20(23-11-10-16(3)25-23)14-22(19)24(17(21)4)18-8-6-5-7-9-18/h5-11,13-15H,12H2,1-4H3. The Bertz CT molecular complexity index is 955. The van der Waals surface area contributed by atoms with Crippen molar-refractivity contribution >= 4 is 11.6 Å². The van der Waals surface area contributed by atoms with E-state index in [1.807, 2.05) is 13.0 Å². The molecule has 1 heteroatoms. The molecule has 0 atom stereocenters. The molecule has 126 valence electrons. The van der Waals surface area contributed by atoms with Crippen molar-refractivity contribution in [3.8, 4) is 11.1 Å². The predicted molar refractivity (Wildman–Crippen MR) is 106 cm³/mol. The van der Waals surface area contributed by atoms with Crippen LogP contribution in [0.1, 0.15) is 53.5 Å². The first kappa shape index (κ1) is 16.0. The zero-order valence-electron chi connectivity index (χ0n) is 15.4. The largest absolute Gasteiger partial charge is 0.462 e. The van der Waals surface area contributed by atoms with Crippen LogP contribution in [0.3, 0.4) is 0 Å². The van der Waals surface area contributed by atoms with Gasteiger partial charge in [0.15, 0.2) is 0 Å². The van der Waals surface area contributed by atoms with E-state index in [2.05, 4.69) is 69.3 Å². The molecular weight excluding hydrogens is 304 g/mol. The molecule has 2 aromatic carbocycles. The average molecular weight is 328 g/mol. The van der Waals surface area contributed by atoms with Crippen molar-refractivity contribution in [2.24, 2.45) is 0 Å². The summed E-state index contributed by atoms with van der Waals surface area (Å²) in [6, 6.07) is 17.3. The van der Waals surface area contributed by atoms with Crippen molar-refractivity contribution < 1.29 is 4.42 Å². The van der Waals surface area contributed by atoms with Crippen LogP contribution in [-0.2, 0) is 6.42 Å². The van der Waals surface area contributed by atoms with E-state index in [0.29, 0.717) is 5.92 Å². The number of fused-ring (bicyclic) bond motifs is 1. The summed E-state index contributed by atoms with van der Waals surface area (Å²) in [6.07, 6.45) is 3.27. The van der Waals surface area contributed by atoms with Crippen molar-refractivity contribution in [3.63, 3.8) is 0 Å². The van der Waals surface area contributed by atoms with Gasteiger partial charge in [0.25, 0.3) is 0 Å². The van der Waals surface area contributed by atoms with E-state index >= 15 is 0 Å². The Morgan fingerprint density at radius 2 is 1.72 bits per heavy atom. The van der Waals surface area contributed by atoms with E-state index in [4.69, 9.17) is 4.42 Å². The molecule has 0 spiro atoms. The Morgan fingerprint density at radius 1 is 0.960 bits per heavy atom. The van der Waals surface area contributed by atoms with Gasteiger partial charge in [0.05, 0.1) is 0 Å². The van der Waals surface area contributed by atoms with Crippen molar-refractivity contribution in [3.05, 3.63) is 82.3 Å². The second-order valence-electron chi connectivity index (χ2n) is 7.32. The first-order chi connectivity index (χ1) is 12.0. The summed E-state index contributed by atoms with van der Waals surface area (Å²) in [7, 11) is 0. The van der Waals surface area contributed by atoms with Crippen LogP contribution < -0.4 is 0 Å². The van der Waals surface area contributed by atoms with E-state index in [1.54, 1.807) is 0 Å². The molecular formula is C24H24O. The van der Waals surface area contributed by atoms with Gasteiger partial charge in [-0.3, -0.25) is 0 Å². The second-order valence-corrected chi connectivity index (χ2v) is 7.32. The van der Waals surface area contributed by atoms with Crippen LogP contribution in [0, 0.1) is 13.8 Å². The molecule has 0 amide bonds. The lowest BCUT2D eigenvalue weighted by molar-refractivity contribution is 0.521. The van der Waals surface area contributed by atoms with E-state index in [9.17, 15) is 0 Å². The molecule has 1 nitrogen and oxygen atoms in total. The Morgan fingerprint density at radius 3 is 2.36 bits per heavy atom. The van der Waals surface area contributed by atoms with Gasteiger partial charge in [-0.15, -0.1) is 0 Å². The molecule has 0 aliphatic heterocycles. The van der Waals surface area contributed by atoms with Crippen LogP contribution in [0.2, 0.25) is 0 Å². The van der Waals surface area contributed by atoms with Gasteiger partial charge < -0.3 is 4.42 Å². The molecule has 0 saturated carbocycles. The zero-order chi connectivity index (χ0) is 17.6. The number of rotatable bonds is 3. The van der Waals surface area contributed by atoms with Gasteiger partial charge >= 0.3 is 0 Å². The summed E-state index contributed by atoms with van der Waals surface area (Å²) in [6.45, 7) is 8.83. The summed E-state index contributed by atoms with van der Waals surface area (Å²) < 4.78 is 5.88. The van der Waals surface area contributed by atoms with E-state index in [-0.39, 0.29) is 0 Å². The van der Waals surface area contributed by atoms with Gasteiger partial charge in [0.2, 0.25) is 0 Å². The zero-order valence-corrected chi connectivity index (χ0v) is 15.4. The van der Waals surface area contributed by atoms with Gasteiger partial charge in [0, 0.05) is 6.42 Å². The summed E-state index contributed by atoms with van der Waals surface area (Å²) >= 11 is 0. The predicted octanol–water partition coefficient (Wildman–Crippen LogP) is 6.78. The highest BCUT2D eigenvalue weighted by atomic mass is 16.3. The smallest absolute Gasteiger partial charge is 0.130 e. The van der Waals surface area contributed by atoms with Crippen LogP contribution >= 0.6 is 0 Å². The minimum Gasteiger partial charge on any atom is -0.462 e. The number of hydrogen-bond acceptors (Lipinski definition) is 1. The maximum absolute atomic E-state index is 5.88. The van der Waals surface area contributed by atoms with Crippen LogP contribution in [0.15, 0.2) is 52.9 Å².